The quantitative estimate of drug-likeness (QED) is 0.791. The summed E-state index contributed by atoms with van der Waals surface area (Å²) in [5.41, 5.74) is 3.99. The molecule has 4 rings (SSSR count). The van der Waals surface area contributed by atoms with E-state index in [1.165, 1.54) is 43.4 Å². The van der Waals surface area contributed by atoms with Gasteiger partial charge in [0.15, 0.2) is 0 Å². The molecular formula is C25H35N5O. The molecule has 1 atom stereocenters. The Morgan fingerprint density at radius 3 is 2.48 bits per heavy atom. The Kier molecular flexibility index (Phi) is 6.28. The molecule has 0 radical (unpaired) electrons. The van der Waals surface area contributed by atoms with Crippen molar-refractivity contribution < 1.29 is 4.79 Å². The van der Waals surface area contributed by atoms with Gasteiger partial charge >= 0.3 is 0 Å². The van der Waals surface area contributed by atoms with Gasteiger partial charge in [-0.3, -0.25) is 9.69 Å². The number of hydrogen-bond donors (Lipinski definition) is 1. The van der Waals surface area contributed by atoms with E-state index in [1.54, 1.807) is 0 Å². The van der Waals surface area contributed by atoms with Crippen molar-refractivity contribution in [3.05, 3.63) is 53.0 Å². The molecule has 0 spiro atoms. The van der Waals surface area contributed by atoms with Crippen LogP contribution in [0.5, 0.6) is 0 Å². The Morgan fingerprint density at radius 1 is 1.10 bits per heavy atom. The van der Waals surface area contributed by atoms with Gasteiger partial charge in [0.2, 0.25) is 0 Å². The van der Waals surface area contributed by atoms with Crippen molar-refractivity contribution in [2.75, 3.05) is 31.5 Å². The highest BCUT2D eigenvalue weighted by Crippen LogP contribution is 2.24. The maximum atomic E-state index is 13.2. The van der Waals surface area contributed by atoms with Crippen LogP contribution < -0.4 is 5.32 Å². The van der Waals surface area contributed by atoms with Crippen LogP contribution in [0.1, 0.15) is 67.2 Å². The van der Waals surface area contributed by atoms with Crippen molar-refractivity contribution in [2.45, 2.75) is 65.0 Å². The zero-order valence-corrected chi connectivity index (χ0v) is 19.3. The second-order valence-electron chi connectivity index (χ2n) is 9.93. The molecule has 2 aliphatic heterocycles. The highest BCUT2D eigenvalue weighted by atomic mass is 16.2. The van der Waals surface area contributed by atoms with E-state index in [0.29, 0.717) is 18.3 Å². The second kappa shape index (κ2) is 8.95. The number of nitrogens with zero attached hydrogens (tertiary/aromatic N) is 4. The average molecular weight is 422 g/mol. The molecule has 6 nitrogen and oxygen atoms in total. The van der Waals surface area contributed by atoms with E-state index in [0.717, 1.165) is 30.9 Å². The summed E-state index contributed by atoms with van der Waals surface area (Å²) in [5.74, 6) is 0.757. The van der Waals surface area contributed by atoms with Gasteiger partial charge in [-0.2, -0.15) is 0 Å². The third kappa shape index (κ3) is 4.90. The molecule has 3 heterocycles. The third-order valence-electron chi connectivity index (χ3n) is 6.67. The molecule has 166 valence electrons. The molecule has 1 aromatic heterocycles. The maximum Gasteiger partial charge on any atom is 0.272 e. The molecule has 6 heteroatoms. The summed E-state index contributed by atoms with van der Waals surface area (Å²) < 4.78 is 0. The van der Waals surface area contributed by atoms with Gasteiger partial charge in [0.25, 0.3) is 5.91 Å². The number of carbonyl (C=O) groups excluding carboxylic acids is 1. The fourth-order valence-corrected chi connectivity index (χ4v) is 4.63. The molecule has 1 unspecified atom stereocenters. The summed E-state index contributed by atoms with van der Waals surface area (Å²) in [6.45, 7) is 13.2. The van der Waals surface area contributed by atoms with E-state index in [4.69, 9.17) is 0 Å². The largest absolute Gasteiger partial charge is 0.366 e. The topological polar surface area (TPSA) is 61.4 Å². The summed E-state index contributed by atoms with van der Waals surface area (Å²) in [7, 11) is 0. The van der Waals surface area contributed by atoms with E-state index >= 15 is 0 Å². The smallest absolute Gasteiger partial charge is 0.272 e. The van der Waals surface area contributed by atoms with Crippen LogP contribution in [0.2, 0.25) is 0 Å². The second-order valence-corrected chi connectivity index (χ2v) is 9.93. The van der Waals surface area contributed by atoms with Crippen LogP contribution in [0.15, 0.2) is 30.6 Å². The molecular weight excluding hydrogens is 386 g/mol. The average Bonchev–Trinajstić information content (AvgIpc) is 3.44. The molecule has 0 saturated carbocycles. The highest BCUT2D eigenvalue weighted by Gasteiger charge is 2.33. The first kappa shape index (κ1) is 21.8. The molecule has 1 amide bonds. The van der Waals surface area contributed by atoms with Crippen molar-refractivity contribution in [3.8, 4) is 0 Å². The number of carbonyl (C=O) groups is 1. The van der Waals surface area contributed by atoms with Gasteiger partial charge in [0.1, 0.15) is 17.8 Å². The first-order valence-electron chi connectivity index (χ1n) is 11.5. The summed E-state index contributed by atoms with van der Waals surface area (Å²) in [4.78, 5) is 26.4. The van der Waals surface area contributed by atoms with Crippen molar-refractivity contribution in [1.82, 2.24) is 19.8 Å². The van der Waals surface area contributed by atoms with E-state index in [9.17, 15) is 4.79 Å². The Balaban J connectivity index is 1.40. The van der Waals surface area contributed by atoms with Gasteiger partial charge in [-0.15, -0.1) is 0 Å². The van der Waals surface area contributed by atoms with Crippen LogP contribution in [0.3, 0.4) is 0 Å². The molecule has 2 fully saturated rings. The van der Waals surface area contributed by atoms with E-state index < -0.39 is 0 Å². The number of hydrogen-bond acceptors (Lipinski definition) is 5. The first-order valence-corrected chi connectivity index (χ1v) is 11.5. The summed E-state index contributed by atoms with van der Waals surface area (Å²) in [6, 6.07) is 9.17. The number of rotatable bonds is 5. The molecule has 0 aliphatic carbocycles. The Hall–Kier alpha value is -2.47. The van der Waals surface area contributed by atoms with E-state index in [-0.39, 0.29) is 11.3 Å². The normalized spacial score (nSPS) is 19.7. The lowest BCUT2D eigenvalue weighted by molar-refractivity contribution is 0.0773. The van der Waals surface area contributed by atoms with Crippen LogP contribution in [0.4, 0.5) is 5.82 Å². The summed E-state index contributed by atoms with van der Waals surface area (Å²) in [6.07, 6.45) is 5.12. The maximum absolute atomic E-state index is 13.2. The van der Waals surface area contributed by atoms with E-state index in [1.807, 2.05) is 11.8 Å². The fraction of sp³-hybridized carbons (Fsp3) is 0.560. The van der Waals surface area contributed by atoms with Crippen LogP contribution >= 0.6 is 0 Å². The number of nitrogens with one attached hydrogen (secondary N) is 1. The minimum Gasteiger partial charge on any atom is -0.366 e. The summed E-state index contributed by atoms with van der Waals surface area (Å²) >= 11 is 0. The van der Waals surface area contributed by atoms with Gasteiger partial charge in [0, 0.05) is 31.2 Å². The van der Waals surface area contributed by atoms with Crippen molar-refractivity contribution >= 4 is 11.7 Å². The third-order valence-corrected chi connectivity index (χ3v) is 6.67. The minimum absolute atomic E-state index is 0.0270. The van der Waals surface area contributed by atoms with Gasteiger partial charge < -0.3 is 10.2 Å². The minimum atomic E-state index is 0.0270. The van der Waals surface area contributed by atoms with Gasteiger partial charge in [-0.25, -0.2) is 9.97 Å². The lowest BCUT2D eigenvalue weighted by atomic mass is 9.87. The Morgan fingerprint density at radius 2 is 1.81 bits per heavy atom. The number of anilines is 1. The van der Waals surface area contributed by atoms with E-state index in [2.05, 4.69) is 65.2 Å². The van der Waals surface area contributed by atoms with Crippen molar-refractivity contribution in [1.29, 1.82) is 0 Å². The molecule has 2 aromatic rings. The highest BCUT2D eigenvalue weighted by molar-refractivity contribution is 5.94. The zero-order chi connectivity index (χ0) is 22.0. The lowest BCUT2D eigenvalue weighted by Gasteiger charge is -2.23. The first-order chi connectivity index (χ1) is 14.8. The SMILES string of the molecule is Cc1c(NCc2ccc(C(C)(C)C)cc2)ncnc1C(=O)N1CCC(N2CCCC2)C1. The van der Waals surface area contributed by atoms with Crippen LogP contribution in [0.25, 0.3) is 0 Å². The number of benzene rings is 1. The molecule has 2 saturated heterocycles. The Labute approximate surface area is 186 Å². The van der Waals surface area contributed by atoms with Crippen molar-refractivity contribution in [3.63, 3.8) is 0 Å². The molecule has 31 heavy (non-hydrogen) atoms. The summed E-state index contributed by atoms with van der Waals surface area (Å²) in [5, 5.41) is 3.40. The number of aromatic nitrogens is 2. The molecule has 1 aromatic carbocycles. The van der Waals surface area contributed by atoms with Gasteiger partial charge in [-0.1, -0.05) is 45.0 Å². The lowest BCUT2D eigenvalue weighted by Crippen LogP contribution is -2.37. The predicted molar refractivity (Wildman–Crippen MR) is 124 cm³/mol. The zero-order valence-electron chi connectivity index (χ0n) is 19.3. The fourth-order valence-electron chi connectivity index (χ4n) is 4.63. The number of amides is 1. The Bertz CT molecular complexity index is 912. The van der Waals surface area contributed by atoms with Crippen LogP contribution in [0, 0.1) is 6.92 Å². The van der Waals surface area contributed by atoms with Crippen molar-refractivity contribution in [2.24, 2.45) is 0 Å². The molecule has 1 N–H and O–H groups in total. The van der Waals surface area contributed by atoms with Gasteiger partial charge in [-0.05, 0) is 55.8 Å². The van der Waals surface area contributed by atoms with Crippen LogP contribution in [-0.2, 0) is 12.0 Å². The van der Waals surface area contributed by atoms with Crippen LogP contribution in [-0.4, -0.2) is 57.9 Å². The standard InChI is InChI=1S/C25H35N5O/c1-18-22(24(31)30-14-11-21(16-30)29-12-5-6-13-29)27-17-28-23(18)26-15-19-7-9-20(10-8-19)25(2,3)4/h7-10,17,21H,5-6,11-16H2,1-4H3,(H,26,27,28). The van der Waals surface area contributed by atoms with Gasteiger partial charge in [0.05, 0.1) is 0 Å². The molecule has 0 bridgehead atoms. The number of likely N-dealkylation sites (tertiary alicyclic amines) is 2. The monoisotopic (exact) mass is 421 g/mol. The predicted octanol–water partition coefficient (Wildman–Crippen LogP) is 4.00. The molecule has 2 aliphatic rings.